The van der Waals surface area contributed by atoms with Gasteiger partial charge in [-0.2, -0.15) is 8.78 Å². The van der Waals surface area contributed by atoms with Gasteiger partial charge in [0.05, 0.1) is 6.61 Å². The Labute approximate surface area is 246 Å². The standard InChI is InChI=1S/C33H41ClF2N2O3/c1-6-25(16-22(3)17-31(39)26-10-12-29(34)13-11-26)20-38-21-28-19-30(23(4)18-27(28)9-8-24(38)5)32(40)37-14-15-41-33(35,36)7-2/h9-13,16,18-19,21,24-25H,6-8,14-15,17,20H2,1-5H3,(H,37,40)/b22-16+. The zero-order chi connectivity index (χ0) is 30.2. The lowest BCUT2D eigenvalue weighted by Gasteiger charge is -2.29. The van der Waals surface area contributed by atoms with Crippen LogP contribution in [0.15, 0.2) is 48.0 Å². The number of carbonyl (C=O) groups is 2. The lowest BCUT2D eigenvalue weighted by molar-refractivity contribution is -0.238. The van der Waals surface area contributed by atoms with E-state index in [2.05, 4.69) is 47.2 Å². The molecule has 0 radical (unpaired) electrons. The molecule has 3 rings (SSSR count). The summed E-state index contributed by atoms with van der Waals surface area (Å²) in [6.07, 6.45) is 5.02. The fourth-order valence-electron chi connectivity index (χ4n) is 4.84. The highest BCUT2D eigenvalue weighted by atomic mass is 35.5. The fraction of sp³-hybridized carbons (Fsp3) is 0.455. The second kappa shape index (κ2) is 14.7. The smallest absolute Gasteiger partial charge is 0.355 e. The molecule has 1 aliphatic heterocycles. The number of hydrogen-bond donors (Lipinski definition) is 1. The van der Waals surface area contributed by atoms with Crippen molar-refractivity contribution in [3.8, 4) is 0 Å². The molecule has 1 N–H and O–H groups in total. The van der Waals surface area contributed by atoms with Gasteiger partial charge < -0.3 is 15.0 Å². The molecule has 2 aromatic rings. The number of fused-ring (bicyclic) bond motifs is 1. The third-order valence-electron chi connectivity index (χ3n) is 7.43. The highest BCUT2D eigenvalue weighted by molar-refractivity contribution is 6.30. The van der Waals surface area contributed by atoms with Gasteiger partial charge >= 0.3 is 6.11 Å². The van der Waals surface area contributed by atoms with Crippen molar-refractivity contribution in [2.24, 2.45) is 5.92 Å². The Balaban J connectivity index is 1.74. The Morgan fingerprint density at radius 1 is 1.20 bits per heavy atom. The maximum absolute atomic E-state index is 13.3. The van der Waals surface area contributed by atoms with E-state index in [9.17, 15) is 18.4 Å². The van der Waals surface area contributed by atoms with Crippen molar-refractivity contribution in [2.45, 2.75) is 72.5 Å². The van der Waals surface area contributed by atoms with Crippen LogP contribution in [0.1, 0.15) is 79.7 Å². The quantitative estimate of drug-likeness (QED) is 0.171. The summed E-state index contributed by atoms with van der Waals surface area (Å²) >= 11 is 5.95. The number of aryl methyl sites for hydroxylation is 1. The first kappa shape index (κ1) is 32.5. The van der Waals surface area contributed by atoms with E-state index < -0.39 is 12.5 Å². The maximum atomic E-state index is 13.3. The molecule has 0 aliphatic carbocycles. The van der Waals surface area contributed by atoms with Gasteiger partial charge in [0.2, 0.25) is 0 Å². The molecule has 1 aliphatic rings. The predicted octanol–water partition coefficient (Wildman–Crippen LogP) is 6.26. The van der Waals surface area contributed by atoms with Gasteiger partial charge in [-0.25, -0.2) is 0 Å². The molecular weight excluding hydrogens is 546 g/mol. The zero-order valence-electron chi connectivity index (χ0n) is 24.6. The first-order valence-corrected chi connectivity index (χ1v) is 14.6. The minimum absolute atomic E-state index is 0.00562. The molecule has 2 atom stereocenters. The summed E-state index contributed by atoms with van der Waals surface area (Å²) in [6.45, 7) is 10.0. The van der Waals surface area contributed by atoms with Crippen LogP contribution in [0, 0.1) is 12.8 Å². The Hall–Kier alpha value is -3.03. The van der Waals surface area contributed by atoms with Crippen molar-refractivity contribution in [2.75, 3.05) is 19.7 Å². The number of ketones is 1. The second-order valence-electron chi connectivity index (χ2n) is 10.8. The summed E-state index contributed by atoms with van der Waals surface area (Å²) in [5.74, 6) is -0.0145. The highest BCUT2D eigenvalue weighted by Crippen LogP contribution is 2.20. The molecule has 0 spiro atoms. The van der Waals surface area contributed by atoms with Crippen LogP contribution in [-0.2, 0) is 4.74 Å². The average molecular weight is 587 g/mol. The van der Waals surface area contributed by atoms with Gasteiger partial charge in [0, 0.05) is 54.3 Å². The molecule has 0 saturated heterocycles. The van der Waals surface area contributed by atoms with Crippen LogP contribution in [0.25, 0.3) is 12.3 Å². The lowest BCUT2D eigenvalue weighted by Crippen LogP contribution is -2.35. The number of hydrogen-bond acceptors (Lipinski definition) is 4. The number of allylic oxidation sites excluding steroid dienone is 1. The van der Waals surface area contributed by atoms with Gasteiger partial charge in [-0.1, -0.05) is 49.2 Å². The van der Waals surface area contributed by atoms with Crippen molar-refractivity contribution in [3.63, 3.8) is 0 Å². The van der Waals surface area contributed by atoms with Crippen LogP contribution < -0.4 is 15.8 Å². The first-order chi connectivity index (χ1) is 19.4. The number of nitrogens with zero attached hydrogens (tertiary/aromatic N) is 1. The number of rotatable bonds is 13. The molecule has 1 heterocycles. The number of halogens is 3. The van der Waals surface area contributed by atoms with E-state index in [1.165, 1.54) is 6.92 Å². The Bertz CT molecular complexity index is 1370. The molecule has 8 heteroatoms. The monoisotopic (exact) mass is 586 g/mol. The summed E-state index contributed by atoms with van der Waals surface area (Å²) in [7, 11) is 0. The molecule has 0 fully saturated rings. The maximum Gasteiger partial charge on any atom is 0.355 e. The van der Waals surface area contributed by atoms with Crippen molar-refractivity contribution >= 4 is 35.6 Å². The lowest BCUT2D eigenvalue weighted by atomic mass is 9.97. The number of nitrogens with one attached hydrogen (secondary N) is 1. The predicted molar refractivity (Wildman–Crippen MR) is 162 cm³/mol. The van der Waals surface area contributed by atoms with Crippen LogP contribution in [0.5, 0.6) is 0 Å². The molecule has 1 amide bonds. The van der Waals surface area contributed by atoms with Crippen molar-refractivity contribution < 1.29 is 23.1 Å². The van der Waals surface area contributed by atoms with Gasteiger partial charge in [-0.3, -0.25) is 9.59 Å². The van der Waals surface area contributed by atoms with E-state index in [0.717, 1.165) is 41.0 Å². The molecule has 0 bridgehead atoms. The third kappa shape index (κ3) is 9.50. The van der Waals surface area contributed by atoms with Crippen molar-refractivity contribution in [1.29, 1.82) is 0 Å². The van der Waals surface area contributed by atoms with Gasteiger partial charge in [0.25, 0.3) is 5.91 Å². The Kier molecular flexibility index (Phi) is 11.7. The van der Waals surface area contributed by atoms with Crippen molar-refractivity contribution in [3.05, 3.63) is 80.2 Å². The first-order valence-electron chi connectivity index (χ1n) is 14.3. The molecule has 2 aromatic carbocycles. The number of ether oxygens (including phenoxy) is 1. The second-order valence-corrected chi connectivity index (χ2v) is 11.2. The van der Waals surface area contributed by atoms with E-state index in [4.69, 9.17) is 11.6 Å². The van der Waals surface area contributed by atoms with Crippen LogP contribution in [-0.4, -0.2) is 48.4 Å². The van der Waals surface area contributed by atoms with Gasteiger partial charge in [0.15, 0.2) is 5.78 Å². The number of benzene rings is 2. The largest absolute Gasteiger partial charge is 0.373 e. The molecule has 222 valence electrons. The molecule has 5 nitrogen and oxygen atoms in total. The molecule has 41 heavy (non-hydrogen) atoms. The van der Waals surface area contributed by atoms with Crippen LogP contribution in [0.4, 0.5) is 8.78 Å². The van der Waals surface area contributed by atoms with Crippen LogP contribution in [0.2, 0.25) is 5.02 Å². The number of amides is 1. The highest BCUT2D eigenvalue weighted by Gasteiger charge is 2.26. The summed E-state index contributed by atoms with van der Waals surface area (Å²) in [5, 5.41) is 5.30. The van der Waals surface area contributed by atoms with Crippen molar-refractivity contribution in [1.82, 2.24) is 10.2 Å². The molecule has 0 saturated carbocycles. The van der Waals surface area contributed by atoms with E-state index in [-0.39, 0.29) is 36.8 Å². The van der Waals surface area contributed by atoms with Gasteiger partial charge in [-0.15, -0.1) is 0 Å². The summed E-state index contributed by atoms with van der Waals surface area (Å²) < 4.78 is 31.2. The molecule has 0 aromatic heterocycles. The minimum Gasteiger partial charge on any atom is -0.373 e. The van der Waals surface area contributed by atoms with Gasteiger partial charge in [0.1, 0.15) is 0 Å². The van der Waals surface area contributed by atoms with E-state index in [0.29, 0.717) is 22.6 Å². The Morgan fingerprint density at radius 3 is 2.56 bits per heavy atom. The van der Waals surface area contributed by atoms with E-state index in [1.807, 2.05) is 26.0 Å². The SMILES string of the molecule is CCC(/C=C(\C)CC(=O)c1ccc(Cl)cc1)CN1C=c2cc(C(=O)NCCOC(F)(F)CC)c(C)cc2=CCC1C. The summed E-state index contributed by atoms with van der Waals surface area (Å²) in [4.78, 5) is 27.9. The Morgan fingerprint density at radius 2 is 1.90 bits per heavy atom. The normalized spacial score (nSPS) is 16.2. The molecular formula is C33H41ClF2N2O3. The average Bonchev–Trinajstić information content (AvgIpc) is 3.08. The zero-order valence-corrected chi connectivity index (χ0v) is 25.4. The third-order valence-corrected chi connectivity index (χ3v) is 7.68. The number of Topliss-reactive ketones (excluding diaryl/α,β-unsaturated/α-hetero) is 1. The van der Waals surface area contributed by atoms with Crippen LogP contribution in [0.3, 0.4) is 0 Å². The van der Waals surface area contributed by atoms with Gasteiger partial charge in [-0.05, 0) is 85.9 Å². The summed E-state index contributed by atoms with van der Waals surface area (Å²) in [5.41, 5.74) is 3.01. The fourth-order valence-corrected chi connectivity index (χ4v) is 4.96. The van der Waals surface area contributed by atoms with E-state index in [1.54, 1.807) is 24.3 Å². The minimum atomic E-state index is -3.19. The number of alkyl halides is 2. The number of carbonyl (C=O) groups excluding carboxylic acids is 2. The van der Waals surface area contributed by atoms with E-state index >= 15 is 0 Å². The van der Waals surface area contributed by atoms with Crippen LogP contribution >= 0.6 is 11.6 Å². The topological polar surface area (TPSA) is 58.6 Å². The summed E-state index contributed by atoms with van der Waals surface area (Å²) in [6, 6.07) is 11.1. The molecule has 2 unspecified atom stereocenters.